The third kappa shape index (κ3) is 6.71. The van der Waals surface area contributed by atoms with Crippen LogP contribution in [0.3, 0.4) is 0 Å². The number of fused-ring (bicyclic) bond motifs is 1. The molecular formula is C28H36FN3O6. The molecule has 10 heteroatoms. The molecule has 4 rings (SSSR count). The molecule has 1 saturated carbocycles. The molecule has 2 aromatic heterocycles. The molecule has 0 amide bonds. The van der Waals surface area contributed by atoms with Crippen molar-refractivity contribution in [2.75, 3.05) is 13.2 Å². The van der Waals surface area contributed by atoms with Gasteiger partial charge >= 0.3 is 12.0 Å². The van der Waals surface area contributed by atoms with Crippen molar-refractivity contribution in [3.8, 4) is 29.1 Å². The number of halogens is 1. The number of oxazole rings is 1. The van der Waals surface area contributed by atoms with Gasteiger partial charge in [0.1, 0.15) is 23.6 Å². The first-order valence-corrected chi connectivity index (χ1v) is 13.1. The molecule has 0 N–H and O–H groups in total. The van der Waals surface area contributed by atoms with Gasteiger partial charge in [-0.2, -0.15) is 9.97 Å². The number of carbonyl (C=O) groups excluding carboxylic acids is 1. The molecule has 0 radical (unpaired) electrons. The topological polar surface area (TPSA) is 106 Å². The van der Waals surface area contributed by atoms with Gasteiger partial charge < -0.3 is 23.4 Å². The Morgan fingerprint density at radius 2 is 1.79 bits per heavy atom. The standard InChI is InChI=1S/C28H36FN3O6/c1-7-12-34-25-22-26(32-27(31-25)36-20-11-9-8-10-19(20)29)37-24(30-22)18-13-16(2)23(17(3)14-18)35-15-21(33)38-28(4,5)6/h13-14,19-20H,7-12,15H2,1-6H3. The zero-order valence-corrected chi connectivity index (χ0v) is 22.9. The van der Waals surface area contributed by atoms with E-state index in [0.29, 0.717) is 42.2 Å². The van der Waals surface area contributed by atoms with Crippen molar-refractivity contribution in [3.63, 3.8) is 0 Å². The summed E-state index contributed by atoms with van der Waals surface area (Å²) in [5.41, 5.74) is 2.27. The minimum Gasteiger partial charge on any atom is -0.481 e. The van der Waals surface area contributed by atoms with Gasteiger partial charge in [0.25, 0.3) is 11.6 Å². The molecule has 9 nitrogen and oxygen atoms in total. The predicted molar refractivity (Wildman–Crippen MR) is 139 cm³/mol. The summed E-state index contributed by atoms with van der Waals surface area (Å²) >= 11 is 0. The number of alkyl halides is 1. The first-order chi connectivity index (χ1) is 18.0. The molecule has 2 heterocycles. The Balaban J connectivity index is 1.60. The number of carbonyl (C=O) groups is 1. The molecule has 2 unspecified atom stereocenters. The number of benzene rings is 1. The third-order valence-electron chi connectivity index (χ3n) is 5.99. The van der Waals surface area contributed by atoms with Crippen molar-refractivity contribution in [2.45, 2.75) is 91.5 Å². The van der Waals surface area contributed by atoms with Gasteiger partial charge in [-0.1, -0.05) is 13.3 Å². The fourth-order valence-corrected chi connectivity index (χ4v) is 4.38. The monoisotopic (exact) mass is 529 g/mol. The maximum atomic E-state index is 14.4. The number of nitrogens with zero attached hydrogens (tertiary/aromatic N) is 3. The van der Waals surface area contributed by atoms with E-state index in [0.717, 1.165) is 30.4 Å². The zero-order chi connectivity index (χ0) is 27.4. The van der Waals surface area contributed by atoms with E-state index in [1.165, 1.54) is 0 Å². The number of hydrogen-bond acceptors (Lipinski definition) is 9. The summed E-state index contributed by atoms with van der Waals surface area (Å²) in [7, 11) is 0. The van der Waals surface area contributed by atoms with E-state index in [2.05, 4.69) is 15.0 Å². The third-order valence-corrected chi connectivity index (χ3v) is 5.99. The normalized spacial score (nSPS) is 17.9. The van der Waals surface area contributed by atoms with Crippen LogP contribution >= 0.6 is 0 Å². The van der Waals surface area contributed by atoms with Crippen molar-refractivity contribution in [2.24, 2.45) is 0 Å². The summed E-state index contributed by atoms with van der Waals surface area (Å²) in [5.74, 6) is 0.701. The van der Waals surface area contributed by atoms with Crippen LogP contribution in [0.2, 0.25) is 0 Å². The van der Waals surface area contributed by atoms with Gasteiger partial charge in [0, 0.05) is 5.56 Å². The lowest BCUT2D eigenvalue weighted by atomic mass is 9.96. The number of aryl methyl sites for hydroxylation is 2. The van der Waals surface area contributed by atoms with Crippen molar-refractivity contribution in [1.29, 1.82) is 0 Å². The fourth-order valence-electron chi connectivity index (χ4n) is 4.38. The van der Waals surface area contributed by atoms with Crippen LogP contribution in [0.1, 0.15) is 70.9 Å². The Hall–Kier alpha value is -3.43. The Kier molecular flexibility index (Phi) is 8.38. The molecular weight excluding hydrogens is 493 g/mol. The number of esters is 1. The smallest absolute Gasteiger partial charge is 0.344 e. The minimum atomic E-state index is -1.06. The molecule has 3 aromatic rings. The number of hydrogen-bond donors (Lipinski definition) is 0. The average Bonchev–Trinajstić information content (AvgIpc) is 3.27. The van der Waals surface area contributed by atoms with Crippen LogP contribution in [0.15, 0.2) is 16.5 Å². The maximum absolute atomic E-state index is 14.4. The summed E-state index contributed by atoms with van der Waals surface area (Å²) < 4.78 is 43.1. The molecule has 2 atom stereocenters. The predicted octanol–water partition coefficient (Wildman–Crippen LogP) is 6.07. The van der Waals surface area contributed by atoms with Gasteiger partial charge in [-0.15, -0.1) is 0 Å². The lowest BCUT2D eigenvalue weighted by Gasteiger charge is -2.25. The Morgan fingerprint density at radius 1 is 1.08 bits per heavy atom. The highest BCUT2D eigenvalue weighted by Crippen LogP contribution is 2.34. The van der Waals surface area contributed by atoms with Gasteiger partial charge in [0.15, 0.2) is 12.1 Å². The number of aromatic nitrogens is 3. The van der Waals surface area contributed by atoms with Crippen LogP contribution in [-0.2, 0) is 9.53 Å². The molecule has 0 bridgehead atoms. The maximum Gasteiger partial charge on any atom is 0.344 e. The highest BCUT2D eigenvalue weighted by molar-refractivity contribution is 5.78. The summed E-state index contributed by atoms with van der Waals surface area (Å²) in [4.78, 5) is 25.5. The van der Waals surface area contributed by atoms with Crippen LogP contribution in [0.25, 0.3) is 22.7 Å². The van der Waals surface area contributed by atoms with E-state index >= 15 is 0 Å². The van der Waals surface area contributed by atoms with Crippen LogP contribution < -0.4 is 14.2 Å². The van der Waals surface area contributed by atoms with Gasteiger partial charge in [-0.25, -0.2) is 14.2 Å². The number of ether oxygens (including phenoxy) is 4. The van der Waals surface area contributed by atoms with E-state index in [1.54, 1.807) is 0 Å². The SMILES string of the molecule is CCCOc1nc(OC2CCCCC2F)nc2oc(-c3cc(C)c(OCC(=O)OC(C)(C)C)c(C)c3)nc12. The van der Waals surface area contributed by atoms with Crippen molar-refractivity contribution < 1.29 is 32.5 Å². The van der Waals surface area contributed by atoms with Gasteiger partial charge in [-0.3, -0.25) is 0 Å². The van der Waals surface area contributed by atoms with E-state index in [1.807, 2.05) is 53.7 Å². The summed E-state index contributed by atoms with van der Waals surface area (Å²) in [6.07, 6.45) is 1.93. The summed E-state index contributed by atoms with van der Waals surface area (Å²) in [6.45, 7) is 11.4. The largest absolute Gasteiger partial charge is 0.481 e. The molecule has 1 fully saturated rings. The molecule has 38 heavy (non-hydrogen) atoms. The second-order valence-corrected chi connectivity index (χ2v) is 10.6. The van der Waals surface area contributed by atoms with Crippen LogP contribution in [-0.4, -0.2) is 52.0 Å². The second kappa shape index (κ2) is 11.5. The highest BCUT2D eigenvalue weighted by Gasteiger charge is 2.28. The molecule has 1 aliphatic rings. The van der Waals surface area contributed by atoms with Crippen LogP contribution in [0.4, 0.5) is 4.39 Å². The van der Waals surface area contributed by atoms with E-state index < -0.39 is 23.8 Å². The molecule has 0 aliphatic heterocycles. The Morgan fingerprint density at radius 3 is 2.45 bits per heavy atom. The lowest BCUT2D eigenvalue weighted by Crippen LogP contribution is -2.32. The van der Waals surface area contributed by atoms with Crippen molar-refractivity contribution in [1.82, 2.24) is 15.0 Å². The zero-order valence-electron chi connectivity index (χ0n) is 22.9. The number of rotatable bonds is 9. The quantitative estimate of drug-likeness (QED) is 0.305. The Labute approximate surface area is 222 Å². The van der Waals surface area contributed by atoms with Crippen molar-refractivity contribution >= 4 is 17.2 Å². The van der Waals surface area contributed by atoms with Gasteiger partial charge in [0.05, 0.1) is 6.61 Å². The molecule has 1 aromatic carbocycles. The molecule has 206 valence electrons. The lowest BCUT2D eigenvalue weighted by molar-refractivity contribution is -0.157. The first kappa shape index (κ1) is 27.6. The Bertz CT molecular complexity index is 1260. The minimum absolute atomic E-state index is 0.0131. The molecule has 0 spiro atoms. The van der Waals surface area contributed by atoms with Crippen molar-refractivity contribution in [3.05, 3.63) is 23.3 Å². The first-order valence-electron chi connectivity index (χ1n) is 13.1. The fraction of sp³-hybridized carbons (Fsp3) is 0.571. The summed E-state index contributed by atoms with van der Waals surface area (Å²) in [5, 5.41) is 0. The highest BCUT2D eigenvalue weighted by atomic mass is 19.1. The van der Waals surface area contributed by atoms with Gasteiger partial charge in [0.2, 0.25) is 5.89 Å². The van der Waals surface area contributed by atoms with E-state index in [9.17, 15) is 9.18 Å². The van der Waals surface area contributed by atoms with E-state index in [4.69, 9.17) is 23.4 Å². The van der Waals surface area contributed by atoms with Crippen LogP contribution in [0, 0.1) is 13.8 Å². The second-order valence-electron chi connectivity index (χ2n) is 10.6. The van der Waals surface area contributed by atoms with E-state index in [-0.39, 0.29) is 24.2 Å². The van der Waals surface area contributed by atoms with Gasteiger partial charge in [-0.05, 0) is 83.6 Å². The molecule has 1 aliphatic carbocycles. The summed E-state index contributed by atoms with van der Waals surface area (Å²) in [6, 6.07) is 3.73. The molecule has 0 saturated heterocycles. The van der Waals surface area contributed by atoms with Crippen LogP contribution in [0.5, 0.6) is 17.6 Å². The average molecular weight is 530 g/mol.